The minimum absolute atomic E-state index is 0.223. The van der Waals surface area contributed by atoms with Gasteiger partial charge in [0.2, 0.25) is 0 Å². The number of ketones is 1. The standard InChI is InChI=1S/C29H47ClO/c1-7-20(18(2)3)9-8-19(4)23-10-11-24-27-25(13-15-29(23,24)6)28(5)14-12-22(30)16-21(28)17-26(27)31/h17-20,22-25,27H,7-16H2,1-6H3/t19-,20-,22+,23-,24+,25+,27+,28+,29-/m1/s1. The first kappa shape index (κ1) is 23.8. The largest absolute Gasteiger partial charge is 0.295 e. The fourth-order valence-corrected chi connectivity index (χ4v) is 9.29. The van der Waals surface area contributed by atoms with Gasteiger partial charge in [-0.1, -0.05) is 60.0 Å². The van der Waals surface area contributed by atoms with E-state index in [1.165, 1.54) is 56.9 Å². The van der Waals surface area contributed by atoms with E-state index in [0.717, 1.165) is 36.5 Å². The van der Waals surface area contributed by atoms with Crippen LogP contribution in [0.3, 0.4) is 0 Å². The first-order valence-corrected chi connectivity index (χ1v) is 13.9. The second kappa shape index (κ2) is 8.81. The summed E-state index contributed by atoms with van der Waals surface area (Å²) in [6.45, 7) is 14.7. The summed E-state index contributed by atoms with van der Waals surface area (Å²) in [7, 11) is 0. The second-order valence-electron chi connectivity index (χ2n) is 12.8. The molecule has 0 heterocycles. The zero-order valence-corrected chi connectivity index (χ0v) is 21.8. The van der Waals surface area contributed by atoms with Crippen LogP contribution in [0.5, 0.6) is 0 Å². The number of hydrogen-bond donors (Lipinski definition) is 0. The molecule has 0 aliphatic heterocycles. The van der Waals surface area contributed by atoms with Gasteiger partial charge in [-0.05, 0) is 104 Å². The molecular formula is C29H47ClO. The molecular weight excluding hydrogens is 400 g/mol. The zero-order chi connectivity index (χ0) is 22.6. The minimum Gasteiger partial charge on any atom is -0.295 e. The number of rotatable bonds is 6. The summed E-state index contributed by atoms with van der Waals surface area (Å²) in [6.07, 6.45) is 14.5. The first-order chi connectivity index (χ1) is 14.6. The molecule has 0 aromatic heterocycles. The molecule has 1 nitrogen and oxygen atoms in total. The van der Waals surface area contributed by atoms with Crippen LogP contribution < -0.4 is 0 Å². The van der Waals surface area contributed by atoms with Crippen molar-refractivity contribution in [1.29, 1.82) is 0 Å². The molecule has 0 aromatic rings. The fourth-order valence-electron chi connectivity index (χ4n) is 9.02. The number of alkyl halides is 1. The van der Waals surface area contributed by atoms with E-state index in [1.54, 1.807) is 0 Å². The molecule has 0 spiro atoms. The lowest BCUT2D eigenvalue weighted by atomic mass is 9.46. The molecule has 9 atom stereocenters. The number of carbonyl (C=O) groups excluding carboxylic acids is 1. The van der Waals surface area contributed by atoms with Crippen LogP contribution in [-0.2, 0) is 4.79 Å². The van der Waals surface area contributed by atoms with Crippen LogP contribution in [0.1, 0.15) is 106 Å². The van der Waals surface area contributed by atoms with Crippen molar-refractivity contribution in [2.24, 2.45) is 52.3 Å². The maximum atomic E-state index is 13.5. The van der Waals surface area contributed by atoms with E-state index in [4.69, 9.17) is 11.6 Å². The molecule has 0 amide bonds. The van der Waals surface area contributed by atoms with Gasteiger partial charge in [0.15, 0.2) is 5.78 Å². The Hall–Kier alpha value is -0.300. The maximum Gasteiger partial charge on any atom is 0.159 e. The minimum atomic E-state index is 0.223. The van der Waals surface area contributed by atoms with Crippen molar-refractivity contribution < 1.29 is 4.79 Å². The highest BCUT2D eigenvalue weighted by Gasteiger charge is 2.61. The lowest BCUT2D eigenvalue weighted by Crippen LogP contribution is -2.53. The average molecular weight is 447 g/mol. The van der Waals surface area contributed by atoms with Crippen molar-refractivity contribution in [3.8, 4) is 0 Å². The molecule has 4 rings (SSSR count). The molecule has 0 unspecified atom stereocenters. The van der Waals surface area contributed by atoms with Gasteiger partial charge in [0.1, 0.15) is 0 Å². The summed E-state index contributed by atoms with van der Waals surface area (Å²) in [5.41, 5.74) is 1.97. The van der Waals surface area contributed by atoms with Gasteiger partial charge in [-0.3, -0.25) is 4.79 Å². The molecule has 0 aromatic carbocycles. The normalized spacial score (nSPS) is 44.3. The lowest BCUT2D eigenvalue weighted by Gasteiger charge is -2.57. The number of halogens is 1. The van der Waals surface area contributed by atoms with Crippen molar-refractivity contribution in [2.75, 3.05) is 0 Å². The van der Waals surface area contributed by atoms with E-state index in [9.17, 15) is 4.79 Å². The van der Waals surface area contributed by atoms with Gasteiger partial charge >= 0.3 is 0 Å². The van der Waals surface area contributed by atoms with Gasteiger partial charge in [0.25, 0.3) is 0 Å². The van der Waals surface area contributed by atoms with Crippen LogP contribution in [0.15, 0.2) is 11.6 Å². The van der Waals surface area contributed by atoms with Crippen molar-refractivity contribution in [1.82, 2.24) is 0 Å². The fraction of sp³-hybridized carbons (Fsp3) is 0.897. The van der Waals surface area contributed by atoms with E-state index < -0.39 is 0 Å². The van der Waals surface area contributed by atoms with E-state index in [2.05, 4.69) is 47.6 Å². The van der Waals surface area contributed by atoms with E-state index >= 15 is 0 Å². The van der Waals surface area contributed by atoms with Crippen LogP contribution in [0.4, 0.5) is 0 Å². The highest BCUT2D eigenvalue weighted by Crippen LogP contribution is 2.66. The third kappa shape index (κ3) is 3.98. The number of carbonyl (C=O) groups is 1. The van der Waals surface area contributed by atoms with Crippen LogP contribution in [0.25, 0.3) is 0 Å². The molecule has 0 bridgehead atoms. The smallest absolute Gasteiger partial charge is 0.159 e. The molecule has 3 fully saturated rings. The van der Waals surface area contributed by atoms with Crippen molar-refractivity contribution >= 4 is 17.4 Å². The van der Waals surface area contributed by atoms with Gasteiger partial charge in [-0.25, -0.2) is 0 Å². The Morgan fingerprint density at radius 1 is 1.03 bits per heavy atom. The number of hydrogen-bond acceptors (Lipinski definition) is 1. The first-order valence-electron chi connectivity index (χ1n) is 13.5. The van der Waals surface area contributed by atoms with Gasteiger partial charge in [0.05, 0.1) is 0 Å². The molecule has 0 radical (unpaired) electrons. The topological polar surface area (TPSA) is 17.1 Å². The van der Waals surface area contributed by atoms with E-state index in [-0.39, 0.29) is 16.7 Å². The summed E-state index contributed by atoms with van der Waals surface area (Å²) >= 11 is 6.52. The van der Waals surface area contributed by atoms with Gasteiger partial charge < -0.3 is 0 Å². The third-order valence-corrected chi connectivity index (χ3v) is 11.5. The third-order valence-electron chi connectivity index (χ3n) is 11.1. The Bertz CT molecular complexity index is 710. The predicted octanol–water partition coefficient (Wildman–Crippen LogP) is 8.45. The lowest BCUT2D eigenvalue weighted by molar-refractivity contribution is -0.134. The van der Waals surface area contributed by atoms with E-state index in [1.807, 2.05) is 0 Å². The van der Waals surface area contributed by atoms with Gasteiger partial charge in [-0.15, -0.1) is 11.6 Å². The summed E-state index contributed by atoms with van der Waals surface area (Å²) in [4.78, 5) is 13.5. The molecule has 4 aliphatic carbocycles. The molecule has 2 heteroatoms. The zero-order valence-electron chi connectivity index (χ0n) is 21.1. The van der Waals surface area contributed by atoms with Crippen molar-refractivity contribution in [2.45, 2.75) is 111 Å². The Morgan fingerprint density at radius 3 is 2.45 bits per heavy atom. The predicted molar refractivity (Wildman–Crippen MR) is 132 cm³/mol. The molecule has 4 aliphatic rings. The monoisotopic (exact) mass is 446 g/mol. The molecule has 31 heavy (non-hydrogen) atoms. The van der Waals surface area contributed by atoms with Crippen molar-refractivity contribution in [3.63, 3.8) is 0 Å². The van der Waals surface area contributed by atoms with Crippen LogP contribution >= 0.6 is 11.6 Å². The molecule has 0 N–H and O–H groups in total. The second-order valence-corrected chi connectivity index (χ2v) is 13.4. The number of allylic oxidation sites excluding steroid dienone is 2. The Labute approximate surface area is 197 Å². The summed E-state index contributed by atoms with van der Waals surface area (Å²) in [5, 5.41) is 0.229. The maximum absolute atomic E-state index is 13.5. The number of fused-ring (bicyclic) bond motifs is 5. The Kier molecular flexibility index (Phi) is 6.78. The van der Waals surface area contributed by atoms with Gasteiger partial charge in [-0.2, -0.15) is 0 Å². The molecule has 176 valence electrons. The van der Waals surface area contributed by atoms with Crippen LogP contribution in [-0.4, -0.2) is 11.2 Å². The summed E-state index contributed by atoms with van der Waals surface area (Å²) < 4.78 is 0. The van der Waals surface area contributed by atoms with Gasteiger partial charge in [0, 0.05) is 11.3 Å². The van der Waals surface area contributed by atoms with Crippen molar-refractivity contribution in [3.05, 3.63) is 11.6 Å². The van der Waals surface area contributed by atoms with Crippen LogP contribution in [0.2, 0.25) is 0 Å². The summed E-state index contributed by atoms with van der Waals surface area (Å²) in [5.74, 6) is 5.13. The molecule has 3 saturated carbocycles. The Morgan fingerprint density at radius 2 is 1.77 bits per heavy atom. The molecule has 0 saturated heterocycles. The van der Waals surface area contributed by atoms with Crippen LogP contribution in [0, 0.1) is 52.3 Å². The quantitative estimate of drug-likeness (QED) is 0.374. The average Bonchev–Trinajstić information content (AvgIpc) is 3.06. The van der Waals surface area contributed by atoms with E-state index in [0.29, 0.717) is 23.0 Å². The highest BCUT2D eigenvalue weighted by atomic mass is 35.5. The SMILES string of the molecule is CC[C@H](CC[C@@H](C)[C@H]1CC[C@H]2[C@@H]3C(=O)C=C4C[C@@H](Cl)CC[C@]4(C)[C@H]3CC[C@]12C)C(C)C. The highest BCUT2D eigenvalue weighted by molar-refractivity contribution is 6.20. The Balaban J connectivity index is 1.52. The summed E-state index contributed by atoms with van der Waals surface area (Å²) in [6, 6.07) is 0.